The Morgan fingerprint density at radius 2 is 2.00 bits per heavy atom. The van der Waals surface area contributed by atoms with Crippen molar-refractivity contribution < 1.29 is 14.0 Å². The Morgan fingerprint density at radius 1 is 1.24 bits per heavy atom. The number of halogens is 2. The van der Waals surface area contributed by atoms with E-state index in [1.54, 1.807) is 12.1 Å². The van der Waals surface area contributed by atoms with Crippen molar-refractivity contribution in [2.24, 2.45) is 0 Å². The Hall–Kier alpha value is -1.98. The highest BCUT2D eigenvalue weighted by Crippen LogP contribution is 2.16. The minimum absolute atomic E-state index is 0.270. The van der Waals surface area contributed by atoms with Crippen LogP contribution in [0.4, 0.5) is 4.39 Å². The number of rotatable bonds is 5. The second-order valence-electron chi connectivity index (χ2n) is 4.24. The van der Waals surface area contributed by atoms with Crippen molar-refractivity contribution in [1.29, 1.82) is 0 Å². The summed E-state index contributed by atoms with van der Waals surface area (Å²) >= 11 is 3.25. The van der Waals surface area contributed by atoms with Crippen LogP contribution < -0.4 is 5.48 Å². The summed E-state index contributed by atoms with van der Waals surface area (Å²) in [4.78, 5) is 16.6. The number of benzene rings is 2. The average Bonchev–Trinajstić information content (AvgIpc) is 2.49. The van der Waals surface area contributed by atoms with Crippen LogP contribution in [0.3, 0.4) is 0 Å². The molecule has 0 aliphatic carbocycles. The van der Waals surface area contributed by atoms with E-state index in [9.17, 15) is 9.18 Å². The fourth-order valence-electron chi connectivity index (χ4n) is 1.61. The Morgan fingerprint density at radius 3 is 2.76 bits per heavy atom. The van der Waals surface area contributed by atoms with E-state index in [2.05, 4.69) is 21.4 Å². The molecule has 0 unspecified atom stereocenters. The SMILES string of the molecule is O=C(/C=C/c1cc(Br)ccc1F)NOCc1ccccc1. The summed E-state index contributed by atoms with van der Waals surface area (Å²) in [6, 6.07) is 14.0. The minimum atomic E-state index is -0.453. The summed E-state index contributed by atoms with van der Waals surface area (Å²) in [5, 5.41) is 0. The van der Waals surface area contributed by atoms with Gasteiger partial charge >= 0.3 is 0 Å². The van der Waals surface area contributed by atoms with Crippen molar-refractivity contribution in [2.75, 3.05) is 0 Å². The van der Waals surface area contributed by atoms with Gasteiger partial charge in [-0.2, -0.15) is 0 Å². The first-order valence-corrected chi connectivity index (χ1v) is 7.03. The summed E-state index contributed by atoms with van der Waals surface area (Å²) in [7, 11) is 0. The molecule has 2 rings (SSSR count). The van der Waals surface area contributed by atoms with Crippen LogP contribution in [0, 0.1) is 5.82 Å². The molecular formula is C16H13BrFNO2. The number of hydrogen-bond donors (Lipinski definition) is 1. The molecule has 3 nitrogen and oxygen atoms in total. The molecule has 0 radical (unpaired) electrons. The second kappa shape index (κ2) is 7.71. The summed E-state index contributed by atoms with van der Waals surface area (Å²) in [6.45, 7) is 0.270. The van der Waals surface area contributed by atoms with Crippen molar-refractivity contribution in [2.45, 2.75) is 6.61 Å². The van der Waals surface area contributed by atoms with Gasteiger partial charge in [0, 0.05) is 16.1 Å². The lowest BCUT2D eigenvalue weighted by molar-refractivity contribution is -0.129. The van der Waals surface area contributed by atoms with Gasteiger partial charge in [0.15, 0.2) is 0 Å². The Balaban J connectivity index is 1.84. The van der Waals surface area contributed by atoms with E-state index in [-0.39, 0.29) is 6.61 Å². The predicted octanol–water partition coefficient (Wildman–Crippen LogP) is 3.85. The van der Waals surface area contributed by atoms with Crippen LogP contribution >= 0.6 is 15.9 Å². The molecule has 0 bridgehead atoms. The molecule has 0 aliphatic rings. The lowest BCUT2D eigenvalue weighted by Gasteiger charge is -2.03. The van der Waals surface area contributed by atoms with Crippen molar-refractivity contribution in [1.82, 2.24) is 5.48 Å². The number of nitrogens with one attached hydrogen (secondary N) is 1. The average molecular weight is 350 g/mol. The highest BCUT2D eigenvalue weighted by atomic mass is 79.9. The third kappa shape index (κ3) is 5.13. The number of amides is 1. The maximum atomic E-state index is 13.5. The van der Waals surface area contributed by atoms with Crippen LogP contribution in [-0.2, 0) is 16.2 Å². The van der Waals surface area contributed by atoms with Gasteiger partial charge in [-0.1, -0.05) is 46.3 Å². The zero-order chi connectivity index (χ0) is 15.1. The summed E-state index contributed by atoms with van der Waals surface area (Å²) in [5.74, 6) is -0.849. The molecule has 0 saturated heterocycles. The van der Waals surface area contributed by atoms with Crippen molar-refractivity contribution in [3.8, 4) is 0 Å². The Kier molecular flexibility index (Phi) is 5.66. The number of hydroxylamine groups is 1. The molecule has 108 valence electrons. The first-order chi connectivity index (χ1) is 10.1. The monoisotopic (exact) mass is 349 g/mol. The summed E-state index contributed by atoms with van der Waals surface area (Å²) in [6.07, 6.45) is 2.61. The van der Waals surface area contributed by atoms with Crippen molar-refractivity contribution in [3.05, 3.63) is 76.0 Å². The van der Waals surface area contributed by atoms with Gasteiger partial charge in [0.25, 0.3) is 5.91 Å². The zero-order valence-corrected chi connectivity index (χ0v) is 12.6. The van der Waals surface area contributed by atoms with E-state index in [0.717, 1.165) is 10.0 Å². The first kappa shape index (κ1) is 15.4. The maximum Gasteiger partial charge on any atom is 0.267 e. The normalized spacial score (nSPS) is 10.8. The summed E-state index contributed by atoms with van der Waals surface area (Å²) in [5.41, 5.74) is 3.54. The molecule has 2 aromatic carbocycles. The molecule has 0 heterocycles. The zero-order valence-electron chi connectivity index (χ0n) is 11.1. The molecule has 0 fully saturated rings. The second-order valence-corrected chi connectivity index (χ2v) is 5.16. The topological polar surface area (TPSA) is 38.3 Å². The summed E-state index contributed by atoms with van der Waals surface area (Å²) < 4.78 is 14.2. The highest BCUT2D eigenvalue weighted by Gasteiger charge is 2.01. The van der Waals surface area contributed by atoms with Gasteiger partial charge in [0.05, 0.1) is 6.61 Å². The van der Waals surface area contributed by atoms with Gasteiger partial charge in [-0.05, 0) is 29.8 Å². The highest BCUT2D eigenvalue weighted by molar-refractivity contribution is 9.10. The Labute approximate surface area is 130 Å². The number of carbonyl (C=O) groups is 1. The van der Waals surface area contributed by atoms with E-state index in [0.29, 0.717) is 5.56 Å². The van der Waals surface area contributed by atoms with Crippen LogP contribution in [0.1, 0.15) is 11.1 Å². The molecular weight excluding hydrogens is 337 g/mol. The van der Waals surface area contributed by atoms with Gasteiger partial charge < -0.3 is 0 Å². The molecule has 0 atom stereocenters. The quantitative estimate of drug-likeness (QED) is 0.657. The van der Waals surface area contributed by atoms with Crippen LogP contribution in [0.15, 0.2) is 59.1 Å². The smallest absolute Gasteiger partial charge is 0.267 e. The van der Waals surface area contributed by atoms with E-state index in [4.69, 9.17) is 4.84 Å². The van der Waals surface area contributed by atoms with Crippen LogP contribution in [0.5, 0.6) is 0 Å². The van der Waals surface area contributed by atoms with Gasteiger partial charge in [-0.15, -0.1) is 0 Å². The standard InChI is InChI=1S/C16H13BrFNO2/c17-14-7-8-15(18)13(10-14)6-9-16(20)19-21-11-12-4-2-1-3-5-12/h1-10H,11H2,(H,19,20)/b9-6+. The molecule has 1 N–H and O–H groups in total. The van der Waals surface area contributed by atoms with Crippen LogP contribution in [0.25, 0.3) is 6.08 Å². The van der Waals surface area contributed by atoms with E-state index in [1.807, 2.05) is 30.3 Å². The molecule has 1 amide bonds. The molecule has 0 aliphatic heterocycles. The largest absolute Gasteiger partial charge is 0.269 e. The lowest BCUT2D eigenvalue weighted by Crippen LogP contribution is -2.21. The molecule has 21 heavy (non-hydrogen) atoms. The Bertz CT molecular complexity index is 644. The van der Waals surface area contributed by atoms with E-state index in [1.165, 1.54) is 18.2 Å². The third-order valence-corrected chi connectivity index (χ3v) is 3.12. The molecule has 5 heteroatoms. The van der Waals surface area contributed by atoms with Crippen LogP contribution in [0.2, 0.25) is 0 Å². The molecule has 0 spiro atoms. The minimum Gasteiger partial charge on any atom is -0.269 e. The lowest BCUT2D eigenvalue weighted by atomic mass is 10.2. The molecule has 2 aromatic rings. The van der Waals surface area contributed by atoms with Gasteiger partial charge in [0.2, 0.25) is 0 Å². The van der Waals surface area contributed by atoms with Crippen molar-refractivity contribution >= 4 is 27.9 Å². The fourth-order valence-corrected chi connectivity index (χ4v) is 1.99. The molecule has 0 saturated carbocycles. The van der Waals surface area contributed by atoms with E-state index >= 15 is 0 Å². The fraction of sp³-hybridized carbons (Fsp3) is 0.0625. The van der Waals surface area contributed by atoms with Gasteiger partial charge in [0.1, 0.15) is 5.82 Å². The predicted molar refractivity (Wildman–Crippen MR) is 82.5 cm³/mol. The third-order valence-electron chi connectivity index (χ3n) is 2.63. The number of carbonyl (C=O) groups excluding carboxylic acids is 1. The number of hydrogen-bond acceptors (Lipinski definition) is 2. The van der Waals surface area contributed by atoms with Crippen molar-refractivity contribution in [3.63, 3.8) is 0 Å². The first-order valence-electron chi connectivity index (χ1n) is 6.24. The van der Waals surface area contributed by atoms with Crippen LogP contribution in [-0.4, -0.2) is 5.91 Å². The molecule has 0 aromatic heterocycles. The van der Waals surface area contributed by atoms with Gasteiger partial charge in [-0.3, -0.25) is 9.63 Å². The van der Waals surface area contributed by atoms with Gasteiger partial charge in [-0.25, -0.2) is 9.87 Å². The maximum absolute atomic E-state index is 13.5. The van der Waals surface area contributed by atoms with E-state index < -0.39 is 11.7 Å².